The lowest BCUT2D eigenvalue weighted by Crippen LogP contribution is -2.41. The summed E-state index contributed by atoms with van der Waals surface area (Å²) in [4.78, 5) is 0.354. The molecule has 1 aliphatic heterocycles. The van der Waals surface area contributed by atoms with Gasteiger partial charge in [0.25, 0.3) is 0 Å². The fourth-order valence-corrected chi connectivity index (χ4v) is 4.28. The van der Waals surface area contributed by atoms with Gasteiger partial charge in [0.1, 0.15) is 0 Å². The maximum Gasteiger partial charge on any atom is 0.243 e. The summed E-state index contributed by atoms with van der Waals surface area (Å²) in [6, 6.07) is 1.82. The standard InChI is InChI=1S/C13H20N2O3S/c1-9-8-12(14)11(3)13(10(9)2)19(16,17)15-4-6-18-7-5-15/h8H,4-7,14H2,1-3H3. The maximum absolute atomic E-state index is 12.7. The van der Waals surface area contributed by atoms with Crippen molar-refractivity contribution in [3.63, 3.8) is 0 Å². The van der Waals surface area contributed by atoms with Crippen LogP contribution in [0.15, 0.2) is 11.0 Å². The van der Waals surface area contributed by atoms with Crippen molar-refractivity contribution < 1.29 is 13.2 Å². The molecule has 19 heavy (non-hydrogen) atoms. The van der Waals surface area contributed by atoms with Crippen LogP contribution in [0.5, 0.6) is 0 Å². The number of anilines is 1. The monoisotopic (exact) mass is 284 g/mol. The molecule has 2 N–H and O–H groups in total. The van der Waals surface area contributed by atoms with E-state index in [1.807, 2.05) is 19.9 Å². The Bertz CT molecular complexity index is 564. The largest absolute Gasteiger partial charge is 0.398 e. The summed E-state index contributed by atoms with van der Waals surface area (Å²) in [5, 5.41) is 0. The lowest BCUT2D eigenvalue weighted by Gasteiger charge is -2.28. The van der Waals surface area contributed by atoms with Crippen molar-refractivity contribution in [2.24, 2.45) is 0 Å². The molecule has 6 heteroatoms. The highest BCUT2D eigenvalue weighted by atomic mass is 32.2. The first-order valence-corrected chi connectivity index (χ1v) is 7.74. The summed E-state index contributed by atoms with van der Waals surface area (Å²) in [5.41, 5.74) is 8.74. The van der Waals surface area contributed by atoms with Gasteiger partial charge in [0.2, 0.25) is 10.0 Å². The Balaban J connectivity index is 2.57. The molecule has 0 aromatic heterocycles. The van der Waals surface area contributed by atoms with Crippen molar-refractivity contribution in [2.45, 2.75) is 25.7 Å². The van der Waals surface area contributed by atoms with Crippen LogP contribution in [-0.2, 0) is 14.8 Å². The molecule has 0 bridgehead atoms. The second kappa shape index (κ2) is 5.11. The summed E-state index contributed by atoms with van der Waals surface area (Å²) in [7, 11) is -3.50. The molecular formula is C13H20N2O3S. The summed E-state index contributed by atoms with van der Waals surface area (Å²) in [6.07, 6.45) is 0. The van der Waals surface area contributed by atoms with Crippen molar-refractivity contribution >= 4 is 15.7 Å². The molecule has 0 amide bonds. The predicted octanol–water partition coefficient (Wildman–Crippen LogP) is 1.21. The summed E-state index contributed by atoms with van der Waals surface area (Å²) < 4.78 is 32.2. The number of nitrogens with two attached hydrogens (primary N) is 1. The average Bonchev–Trinajstić information content (AvgIpc) is 2.37. The average molecular weight is 284 g/mol. The Morgan fingerprint density at radius 1 is 1.16 bits per heavy atom. The molecule has 0 radical (unpaired) electrons. The maximum atomic E-state index is 12.7. The molecule has 0 atom stereocenters. The van der Waals surface area contributed by atoms with E-state index in [1.165, 1.54) is 4.31 Å². The molecule has 0 unspecified atom stereocenters. The van der Waals surface area contributed by atoms with Crippen LogP contribution in [0.1, 0.15) is 16.7 Å². The number of hydrogen-bond donors (Lipinski definition) is 1. The normalized spacial score (nSPS) is 17.6. The molecule has 1 aromatic rings. The Morgan fingerprint density at radius 2 is 1.74 bits per heavy atom. The van der Waals surface area contributed by atoms with Gasteiger partial charge in [-0.15, -0.1) is 0 Å². The molecular weight excluding hydrogens is 264 g/mol. The first-order valence-electron chi connectivity index (χ1n) is 6.30. The minimum atomic E-state index is -3.50. The van der Waals surface area contributed by atoms with Crippen molar-refractivity contribution in [3.05, 3.63) is 22.8 Å². The van der Waals surface area contributed by atoms with Crippen molar-refractivity contribution in [1.29, 1.82) is 0 Å². The number of nitrogen functional groups attached to an aromatic ring is 1. The van der Waals surface area contributed by atoms with Crippen LogP contribution in [-0.4, -0.2) is 39.0 Å². The van der Waals surface area contributed by atoms with Crippen LogP contribution in [0.2, 0.25) is 0 Å². The molecule has 0 saturated carbocycles. The zero-order valence-corrected chi connectivity index (χ0v) is 12.4. The highest BCUT2D eigenvalue weighted by molar-refractivity contribution is 7.89. The Hall–Kier alpha value is -1.11. The van der Waals surface area contributed by atoms with E-state index in [0.29, 0.717) is 42.4 Å². The van der Waals surface area contributed by atoms with Gasteiger partial charge in [0, 0.05) is 18.8 Å². The summed E-state index contributed by atoms with van der Waals surface area (Å²) in [6.45, 7) is 7.15. The minimum Gasteiger partial charge on any atom is -0.398 e. The van der Waals surface area contributed by atoms with Crippen LogP contribution in [0.4, 0.5) is 5.69 Å². The Kier molecular flexibility index (Phi) is 3.85. The Labute approximate surface area is 114 Å². The van der Waals surface area contributed by atoms with E-state index >= 15 is 0 Å². The smallest absolute Gasteiger partial charge is 0.243 e. The van der Waals surface area contributed by atoms with Crippen molar-refractivity contribution in [1.82, 2.24) is 4.31 Å². The topological polar surface area (TPSA) is 72.6 Å². The van der Waals surface area contributed by atoms with Crippen molar-refractivity contribution in [2.75, 3.05) is 32.0 Å². The number of aryl methyl sites for hydroxylation is 1. The van der Waals surface area contributed by atoms with Gasteiger partial charge in [-0.05, 0) is 43.5 Å². The van der Waals surface area contributed by atoms with Crippen LogP contribution < -0.4 is 5.73 Å². The van der Waals surface area contributed by atoms with Gasteiger partial charge in [0.05, 0.1) is 18.1 Å². The van der Waals surface area contributed by atoms with Gasteiger partial charge < -0.3 is 10.5 Å². The van der Waals surface area contributed by atoms with Gasteiger partial charge in [-0.2, -0.15) is 4.31 Å². The quantitative estimate of drug-likeness (QED) is 0.829. The van der Waals surface area contributed by atoms with Gasteiger partial charge in [0.15, 0.2) is 0 Å². The number of rotatable bonds is 2. The predicted molar refractivity (Wildman–Crippen MR) is 74.6 cm³/mol. The molecule has 1 aromatic carbocycles. The Morgan fingerprint density at radius 3 is 2.32 bits per heavy atom. The van der Waals surface area contributed by atoms with Gasteiger partial charge in [-0.1, -0.05) is 0 Å². The van der Waals surface area contributed by atoms with Crippen molar-refractivity contribution in [3.8, 4) is 0 Å². The van der Waals surface area contributed by atoms with E-state index in [-0.39, 0.29) is 0 Å². The van der Waals surface area contributed by atoms with E-state index in [9.17, 15) is 8.42 Å². The van der Waals surface area contributed by atoms with E-state index in [1.54, 1.807) is 6.92 Å². The first-order chi connectivity index (χ1) is 8.85. The van der Waals surface area contributed by atoms with E-state index in [2.05, 4.69) is 0 Å². The molecule has 0 aliphatic carbocycles. The highest BCUT2D eigenvalue weighted by Gasteiger charge is 2.30. The van der Waals surface area contributed by atoms with Gasteiger partial charge in [-0.25, -0.2) is 8.42 Å². The number of hydrogen-bond acceptors (Lipinski definition) is 4. The first kappa shape index (κ1) is 14.3. The number of morpholine rings is 1. The number of nitrogens with zero attached hydrogens (tertiary/aromatic N) is 1. The molecule has 0 spiro atoms. The van der Waals surface area contributed by atoms with Crippen LogP contribution >= 0.6 is 0 Å². The second-order valence-corrected chi connectivity index (χ2v) is 6.75. The zero-order chi connectivity index (χ0) is 14.2. The van der Waals surface area contributed by atoms with Crippen LogP contribution in [0.3, 0.4) is 0 Å². The lowest BCUT2D eigenvalue weighted by molar-refractivity contribution is 0.0730. The number of benzene rings is 1. The van der Waals surface area contributed by atoms with Gasteiger partial charge >= 0.3 is 0 Å². The summed E-state index contributed by atoms with van der Waals surface area (Å²) in [5.74, 6) is 0. The fourth-order valence-electron chi connectivity index (χ4n) is 2.34. The van der Waals surface area contributed by atoms with E-state index in [0.717, 1.165) is 11.1 Å². The second-order valence-electron chi connectivity index (χ2n) is 4.88. The molecule has 1 saturated heterocycles. The summed E-state index contributed by atoms with van der Waals surface area (Å²) >= 11 is 0. The van der Waals surface area contributed by atoms with Gasteiger partial charge in [-0.3, -0.25) is 0 Å². The van der Waals surface area contributed by atoms with Crippen LogP contribution in [0, 0.1) is 20.8 Å². The van der Waals surface area contributed by atoms with Crippen LogP contribution in [0.25, 0.3) is 0 Å². The molecule has 1 aliphatic rings. The number of ether oxygens (including phenoxy) is 1. The third-order valence-corrected chi connectivity index (χ3v) is 5.82. The SMILES string of the molecule is Cc1cc(N)c(C)c(S(=O)(=O)N2CCOCC2)c1C. The zero-order valence-electron chi connectivity index (χ0n) is 11.6. The molecule has 1 fully saturated rings. The molecule has 5 nitrogen and oxygen atoms in total. The molecule has 106 valence electrons. The highest BCUT2D eigenvalue weighted by Crippen LogP contribution is 2.30. The fraction of sp³-hybridized carbons (Fsp3) is 0.538. The third-order valence-electron chi connectivity index (χ3n) is 3.65. The van der Waals surface area contributed by atoms with E-state index in [4.69, 9.17) is 10.5 Å². The van der Waals surface area contributed by atoms with E-state index < -0.39 is 10.0 Å². The number of sulfonamides is 1. The molecule has 1 heterocycles. The third kappa shape index (κ3) is 2.48. The lowest BCUT2D eigenvalue weighted by atomic mass is 10.1. The minimum absolute atomic E-state index is 0.354. The molecule has 2 rings (SSSR count).